The van der Waals surface area contributed by atoms with Crippen LogP contribution in [-0.2, 0) is 9.53 Å². The molecule has 3 rings (SSSR count). The van der Waals surface area contributed by atoms with Gasteiger partial charge in [0.1, 0.15) is 10.7 Å². The zero-order chi connectivity index (χ0) is 19.4. The molecule has 0 spiro atoms. The highest BCUT2D eigenvalue weighted by Crippen LogP contribution is 2.32. The molecule has 0 unspecified atom stereocenters. The Kier molecular flexibility index (Phi) is 5.62. The number of para-hydroxylation sites is 1. The van der Waals surface area contributed by atoms with Crippen LogP contribution in [0.3, 0.4) is 0 Å². The van der Waals surface area contributed by atoms with Gasteiger partial charge >= 0.3 is 5.97 Å². The van der Waals surface area contributed by atoms with E-state index in [2.05, 4.69) is 11.1 Å². The highest BCUT2D eigenvalue weighted by molar-refractivity contribution is 6.30. The third kappa shape index (κ3) is 3.88. The Bertz CT molecular complexity index is 916. The lowest BCUT2D eigenvalue weighted by atomic mass is 9.81. The van der Waals surface area contributed by atoms with Gasteiger partial charge in [0.25, 0.3) is 5.91 Å². The molecule has 27 heavy (non-hydrogen) atoms. The summed E-state index contributed by atoms with van der Waals surface area (Å²) in [5, 5.41) is 10.4. The van der Waals surface area contributed by atoms with Crippen LogP contribution in [0.25, 0.3) is 10.9 Å². The third-order valence-electron chi connectivity index (χ3n) is 5.14. The number of aromatic nitrogens is 1. The number of nitrogens with zero attached hydrogens (tertiary/aromatic N) is 3. The Labute approximate surface area is 162 Å². The zero-order valence-corrected chi connectivity index (χ0v) is 15.8. The molecular weight excluding hydrogens is 366 g/mol. The van der Waals surface area contributed by atoms with Crippen LogP contribution in [-0.4, -0.2) is 41.0 Å². The van der Waals surface area contributed by atoms with Crippen molar-refractivity contribution in [2.45, 2.75) is 37.6 Å². The van der Waals surface area contributed by atoms with E-state index in [0.29, 0.717) is 23.7 Å². The highest BCUT2D eigenvalue weighted by atomic mass is 35.5. The van der Waals surface area contributed by atoms with Crippen molar-refractivity contribution in [3.8, 4) is 6.07 Å². The molecule has 1 aliphatic rings. The molecule has 1 heterocycles. The molecule has 0 atom stereocenters. The van der Waals surface area contributed by atoms with Crippen molar-refractivity contribution in [2.24, 2.45) is 0 Å². The number of esters is 1. The Hall–Kier alpha value is -2.65. The summed E-state index contributed by atoms with van der Waals surface area (Å²) in [5.41, 5.74) is 0.0220. The summed E-state index contributed by atoms with van der Waals surface area (Å²) < 4.78 is 5.23. The van der Waals surface area contributed by atoms with Gasteiger partial charge in [0.2, 0.25) is 0 Å². The molecule has 1 aromatic carbocycles. The van der Waals surface area contributed by atoms with E-state index >= 15 is 0 Å². The van der Waals surface area contributed by atoms with Crippen LogP contribution in [0.4, 0.5) is 0 Å². The number of halogens is 1. The van der Waals surface area contributed by atoms with Crippen molar-refractivity contribution < 1.29 is 14.3 Å². The Balaban J connectivity index is 1.72. The van der Waals surface area contributed by atoms with Gasteiger partial charge in [-0.1, -0.05) is 49.1 Å². The van der Waals surface area contributed by atoms with Crippen LogP contribution in [0.1, 0.15) is 42.5 Å². The van der Waals surface area contributed by atoms with E-state index in [9.17, 15) is 14.9 Å². The minimum atomic E-state index is -0.811. The van der Waals surface area contributed by atoms with Crippen LogP contribution >= 0.6 is 11.6 Å². The molecule has 1 aliphatic carbocycles. The average molecular weight is 386 g/mol. The standard InChI is InChI=1S/C20H20ClN3O3/c1-24(20(13-22)9-5-2-6-10-20)18(25)12-27-19(26)15-11-17(21)23-16-8-4-3-7-14(15)16/h3-4,7-8,11H,2,5-6,9-10,12H2,1H3. The van der Waals surface area contributed by atoms with Gasteiger partial charge in [-0.15, -0.1) is 0 Å². The number of amides is 1. The fourth-order valence-corrected chi connectivity index (χ4v) is 3.71. The number of hydrogen-bond donors (Lipinski definition) is 0. The number of ether oxygens (including phenoxy) is 1. The fraction of sp³-hybridized carbons (Fsp3) is 0.400. The molecule has 0 bridgehead atoms. The van der Waals surface area contributed by atoms with Gasteiger partial charge in [0.15, 0.2) is 6.61 Å². The number of nitriles is 1. The van der Waals surface area contributed by atoms with Crippen molar-refractivity contribution in [3.63, 3.8) is 0 Å². The number of benzene rings is 1. The summed E-state index contributed by atoms with van der Waals surface area (Å²) in [6.07, 6.45) is 4.17. The maximum atomic E-state index is 12.5. The summed E-state index contributed by atoms with van der Waals surface area (Å²) in [7, 11) is 1.60. The molecule has 0 aliphatic heterocycles. The molecule has 140 valence electrons. The number of fused-ring (bicyclic) bond motifs is 1. The van der Waals surface area contributed by atoms with Gasteiger partial charge in [0, 0.05) is 12.4 Å². The van der Waals surface area contributed by atoms with Gasteiger partial charge in [0.05, 0.1) is 17.1 Å². The van der Waals surface area contributed by atoms with E-state index < -0.39 is 24.0 Å². The maximum Gasteiger partial charge on any atom is 0.339 e. The smallest absolute Gasteiger partial charge is 0.339 e. The van der Waals surface area contributed by atoms with E-state index in [1.54, 1.807) is 31.3 Å². The van der Waals surface area contributed by atoms with Crippen LogP contribution < -0.4 is 0 Å². The summed E-state index contributed by atoms with van der Waals surface area (Å²) in [6, 6.07) is 10.8. The third-order valence-corrected chi connectivity index (χ3v) is 5.33. The largest absolute Gasteiger partial charge is 0.452 e. The highest BCUT2D eigenvalue weighted by Gasteiger charge is 2.39. The van der Waals surface area contributed by atoms with Crippen LogP contribution in [0.5, 0.6) is 0 Å². The number of likely N-dealkylation sites (N-methyl/N-ethyl adjacent to an activating group) is 1. The molecule has 1 aromatic heterocycles. The number of rotatable bonds is 4. The lowest BCUT2D eigenvalue weighted by Gasteiger charge is -2.38. The predicted molar refractivity (Wildman–Crippen MR) is 101 cm³/mol. The first-order valence-corrected chi connectivity index (χ1v) is 9.25. The van der Waals surface area contributed by atoms with Crippen LogP contribution in [0.2, 0.25) is 5.15 Å². The summed E-state index contributed by atoms with van der Waals surface area (Å²) in [4.78, 5) is 30.6. The lowest BCUT2D eigenvalue weighted by molar-refractivity contribution is -0.138. The predicted octanol–water partition coefficient (Wildman–Crippen LogP) is 3.73. The second-order valence-electron chi connectivity index (χ2n) is 6.74. The molecule has 0 saturated heterocycles. The van der Waals surface area contributed by atoms with E-state index in [-0.39, 0.29) is 10.7 Å². The minimum Gasteiger partial charge on any atom is -0.452 e. The van der Waals surface area contributed by atoms with Crippen LogP contribution in [0.15, 0.2) is 30.3 Å². The molecule has 0 N–H and O–H groups in total. The van der Waals surface area contributed by atoms with Gasteiger partial charge in [-0.25, -0.2) is 9.78 Å². The van der Waals surface area contributed by atoms with E-state index in [1.807, 2.05) is 0 Å². The Morgan fingerprint density at radius 3 is 2.70 bits per heavy atom. The zero-order valence-electron chi connectivity index (χ0n) is 15.1. The second kappa shape index (κ2) is 7.93. The Morgan fingerprint density at radius 2 is 2.00 bits per heavy atom. The van der Waals surface area contributed by atoms with Crippen molar-refractivity contribution >= 4 is 34.4 Å². The topological polar surface area (TPSA) is 83.3 Å². The lowest BCUT2D eigenvalue weighted by Crippen LogP contribution is -2.51. The molecule has 2 aromatic rings. The number of carbonyl (C=O) groups is 2. The van der Waals surface area contributed by atoms with Gasteiger partial charge < -0.3 is 9.64 Å². The van der Waals surface area contributed by atoms with Gasteiger partial charge in [-0.2, -0.15) is 5.26 Å². The summed E-state index contributed by atoms with van der Waals surface area (Å²) >= 11 is 5.99. The molecular formula is C20H20ClN3O3. The fourth-order valence-electron chi connectivity index (χ4n) is 3.51. The average Bonchev–Trinajstić information content (AvgIpc) is 2.70. The molecule has 1 saturated carbocycles. The summed E-state index contributed by atoms with van der Waals surface area (Å²) in [6.45, 7) is -0.424. The monoisotopic (exact) mass is 385 g/mol. The quantitative estimate of drug-likeness (QED) is 0.591. The van der Waals surface area contributed by atoms with Crippen molar-refractivity contribution in [1.29, 1.82) is 5.26 Å². The molecule has 7 heteroatoms. The second-order valence-corrected chi connectivity index (χ2v) is 7.13. The van der Waals surface area contributed by atoms with E-state index in [0.717, 1.165) is 19.3 Å². The van der Waals surface area contributed by atoms with Gasteiger partial charge in [-0.3, -0.25) is 4.79 Å². The SMILES string of the molecule is CN(C(=O)COC(=O)c1cc(Cl)nc2ccccc12)C1(C#N)CCCCC1. The molecule has 1 fully saturated rings. The Morgan fingerprint density at radius 1 is 1.30 bits per heavy atom. The number of carbonyl (C=O) groups excluding carboxylic acids is 2. The molecule has 0 radical (unpaired) electrons. The summed E-state index contributed by atoms with van der Waals surface area (Å²) in [5.74, 6) is -1.04. The van der Waals surface area contributed by atoms with Crippen LogP contribution in [0, 0.1) is 11.3 Å². The van der Waals surface area contributed by atoms with Gasteiger partial charge in [-0.05, 0) is 25.0 Å². The van der Waals surface area contributed by atoms with Crippen molar-refractivity contribution in [3.05, 3.63) is 41.0 Å². The number of pyridine rings is 1. The first kappa shape index (κ1) is 19.1. The first-order valence-electron chi connectivity index (χ1n) is 8.87. The van der Waals surface area contributed by atoms with Crippen molar-refractivity contribution in [1.82, 2.24) is 9.88 Å². The number of hydrogen-bond acceptors (Lipinski definition) is 5. The molecule has 1 amide bonds. The maximum absolute atomic E-state index is 12.5. The van der Waals surface area contributed by atoms with Crippen molar-refractivity contribution in [2.75, 3.05) is 13.7 Å². The van der Waals surface area contributed by atoms with E-state index in [4.69, 9.17) is 16.3 Å². The normalized spacial score (nSPS) is 15.7. The van der Waals surface area contributed by atoms with E-state index in [1.165, 1.54) is 11.0 Å². The first-order chi connectivity index (χ1) is 13.0. The molecule has 6 nitrogen and oxygen atoms in total. The minimum absolute atomic E-state index is 0.176.